The molecule has 0 heterocycles. The Morgan fingerprint density at radius 3 is 2.41 bits per heavy atom. The first-order valence-corrected chi connectivity index (χ1v) is 4.96. The fraction of sp³-hybridized carbons (Fsp3) is 0.364. The Morgan fingerprint density at radius 2 is 2.00 bits per heavy atom. The average Bonchev–Trinajstić information content (AvgIpc) is 2.19. The van der Waals surface area contributed by atoms with Crippen molar-refractivity contribution < 1.29 is 23.1 Å². The van der Waals surface area contributed by atoms with E-state index >= 15 is 0 Å². The van der Waals surface area contributed by atoms with Gasteiger partial charge in [0, 0.05) is 12.2 Å². The van der Waals surface area contributed by atoms with Gasteiger partial charge in [-0.15, -0.1) is 0 Å². The molecular weight excluding hydrogens is 235 g/mol. The Bertz CT molecular complexity index is 441. The van der Waals surface area contributed by atoms with Gasteiger partial charge < -0.3 is 10.4 Å². The first-order chi connectivity index (χ1) is 7.77. The molecule has 1 rings (SSSR count). The van der Waals surface area contributed by atoms with Crippen molar-refractivity contribution in [2.24, 2.45) is 0 Å². The standard InChI is InChI=1S/C11H12F3NO2/c1-3-15-9-5-7(11(12,13)14)4-8(6(9)2)10(16)17/h4-5,15H,3H2,1-2H3,(H,16,17). The van der Waals surface area contributed by atoms with Gasteiger partial charge in [-0.1, -0.05) is 0 Å². The highest BCUT2D eigenvalue weighted by atomic mass is 19.4. The maximum absolute atomic E-state index is 12.6. The van der Waals surface area contributed by atoms with Gasteiger partial charge in [-0.25, -0.2) is 4.79 Å². The summed E-state index contributed by atoms with van der Waals surface area (Å²) in [6, 6.07) is 1.57. The summed E-state index contributed by atoms with van der Waals surface area (Å²) in [6.45, 7) is 3.61. The van der Waals surface area contributed by atoms with Crippen LogP contribution in [0.2, 0.25) is 0 Å². The molecule has 3 nitrogen and oxygen atoms in total. The third-order valence-electron chi connectivity index (χ3n) is 2.33. The number of rotatable bonds is 3. The molecule has 1 aromatic carbocycles. The smallest absolute Gasteiger partial charge is 0.416 e. The summed E-state index contributed by atoms with van der Waals surface area (Å²) in [7, 11) is 0. The highest BCUT2D eigenvalue weighted by molar-refractivity contribution is 5.91. The summed E-state index contributed by atoms with van der Waals surface area (Å²) in [5, 5.41) is 11.6. The molecule has 1 aromatic rings. The van der Waals surface area contributed by atoms with Gasteiger partial charge in [-0.05, 0) is 31.5 Å². The van der Waals surface area contributed by atoms with Crippen molar-refractivity contribution in [2.75, 3.05) is 11.9 Å². The molecule has 17 heavy (non-hydrogen) atoms. The van der Waals surface area contributed by atoms with Gasteiger partial charge in [-0.2, -0.15) is 13.2 Å². The molecule has 0 aromatic heterocycles. The lowest BCUT2D eigenvalue weighted by atomic mass is 10.0. The molecular formula is C11H12F3NO2. The largest absolute Gasteiger partial charge is 0.478 e. The Hall–Kier alpha value is -1.72. The molecule has 0 radical (unpaired) electrons. The minimum absolute atomic E-state index is 0.194. The number of anilines is 1. The third-order valence-corrected chi connectivity index (χ3v) is 2.33. The second kappa shape index (κ2) is 4.65. The van der Waals surface area contributed by atoms with Gasteiger partial charge in [0.15, 0.2) is 0 Å². The summed E-state index contributed by atoms with van der Waals surface area (Å²) in [5.74, 6) is -1.37. The Kier molecular flexibility index (Phi) is 3.65. The lowest BCUT2D eigenvalue weighted by Crippen LogP contribution is -2.12. The summed E-state index contributed by atoms with van der Waals surface area (Å²) >= 11 is 0. The van der Waals surface area contributed by atoms with Gasteiger partial charge >= 0.3 is 12.1 Å². The molecule has 0 aliphatic heterocycles. The maximum Gasteiger partial charge on any atom is 0.416 e. The first kappa shape index (κ1) is 13.3. The van der Waals surface area contributed by atoms with Crippen molar-refractivity contribution in [3.8, 4) is 0 Å². The molecule has 0 fully saturated rings. The predicted octanol–water partition coefficient (Wildman–Crippen LogP) is 3.14. The van der Waals surface area contributed by atoms with E-state index in [1.165, 1.54) is 6.92 Å². The number of carboxylic acid groups (broad SMARTS) is 1. The second-order valence-corrected chi connectivity index (χ2v) is 3.53. The fourth-order valence-corrected chi connectivity index (χ4v) is 1.47. The number of hydrogen-bond donors (Lipinski definition) is 2. The molecule has 0 aliphatic carbocycles. The summed E-state index contributed by atoms with van der Waals surface area (Å²) in [6.07, 6.45) is -4.55. The van der Waals surface area contributed by atoms with Crippen LogP contribution in [-0.2, 0) is 6.18 Å². The fourth-order valence-electron chi connectivity index (χ4n) is 1.47. The molecule has 0 spiro atoms. The molecule has 0 saturated heterocycles. The predicted molar refractivity (Wildman–Crippen MR) is 57.3 cm³/mol. The van der Waals surface area contributed by atoms with Crippen LogP contribution >= 0.6 is 0 Å². The van der Waals surface area contributed by atoms with Crippen LogP contribution < -0.4 is 5.32 Å². The van der Waals surface area contributed by atoms with E-state index in [4.69, 9.17) is 5.11 Å². The van der Waals surface area contributed by atoms with E-state index in [-0.39, 0.29) is 11.3 Å². The number of carboxylic acids is 1. The molecule has 0 amide bonds. The monoisotopic (exact) mass is 247 g/mol. The molecule has 0 saturated carbocycles. The van der Waals surface area contributed by atoms with E-state index in [1.807, 2.05) is 0 Å². The van der Waals surface area contributed by atoms with E-state index in [0.29, 0.717) is 18.2 Å². The van der Waals surface area contributed by atoms with Crippen LogP contribution in [0.25, 0.3) is 0 Å². The zero-order valence-electron chi connectivity index (χ0n) is 9.35. The zero-order chi connectivity index (χ0) is 13.2. The van der Waals surface area contributed by atoms with E-state index in [1.54, 1.807) is 6.92 Å². The first-order valence-electron chi connectivity index (χ1n) is 4.96. The molecule has 0 aliphatic rings. The Balaban J connectivity index is 3.42. The number of benzene rings is 1. The van der Waals surface area contributed by atoms with Crippen LogP contribution in [0.4, 0.5) is 18.9 Å². The van der Waals surface area contributed by atoms with Gasteiger partial charge in [0.25, 0.3) is 0 Å². The normalized spacial score (nSPS) is 11.4. The second-order valence-electron chi connectivity index (χ2n) is 3.53. The van der Waals surface area contributed by atoms with Gasteiger partial charge in [-0.3, -0.25) is 0 Å². The SMILES string of the molecule is CCNc1cc(C(F)(F)F)cc(C(=O)O)c1C. The number of alkyl halides is 3. The Morgan fingerprint density at radius 1 is 1.41 bits per heavy atom. The van der Waals surface area contributed by atoms with Crippen LogP contribution in [-0.4, -0.2) is 17.6 Å². The molecule has 0 atom stereocenters. The van der Waals surface area contributed by atoms with Crippen molar-refractivity contribution in [1.82, 2.24) is 0 Å². The summed E-state index contributed by atoms with van der Waals surface area (Å²) in [4.78, 5) is 10.9. The van der Waals surface area contributed by atoms with Crippen LogP contribution in [0.5, 0.6) is 0 Å². The minimum atomic E-state index is -4.55. The zero-order valence-corrected chi connectivity index (χ0v) is 9.35. The Labute approximate surface area is 96.3 Å². The topological polar surface area (TPSA) is 49.3 Å². The van der Waals surface area contributed by atoms with E-state index in [2.05, 4.69) is 5.32 Å². The molecule has 6 heteroatoms. The number of nitrogens with one attached hydrogen (secondary N) is 1. The summed E-state index contributed by atoms with van der Waals surface area (Å²) < 4.78 is 37.7. The van der Waals surface area contributed by atoms with E-state index in [0.717, 1.165) is 6.07 Å². The third kappa shape index (κ3) is 2.89. The molecule has 2 N–H and O–H groups in total. The lowest BCUT2D eigenvalue weighted by Gasteiger charge is -2.14. The molecule has 0 unspecified atom stereocenters. The summed E-state index contributed by atoms with van der Waals surface area (Å²) in [5.41, 5.74) is -0.806. The van der Waals surface area contributed by atoms with Gasteiger partial charge in [0.05, 0.1) is 11.1 Å². The minimum Gasteiger partial charge on any atom is -0.478 e. The van der Waals surface area contributed by atoms with Crippen molar-refractivity contribution in [3.63, 3.8) is 0 Å². The highest BCUT2D eigenvalue weighted by Gasteiger charge is 2.32. The van der Waals surface area contributed by atoms with Crippen LogP contribution in [0, 0.1) is 6.92 Å². The number of carbonyl (C=O) groups is 1. The van der Waals surface area contributed by atoms with Crippen molar-refractivity contribution in [1.29, 1.82) is 0 Å². The highest BCUT2D eigenvalue weighted by Crippen LogP contribution is 2.33. The number of aromatic carboxylic acids is 1. The van der Waals surface area contributed by atoms with Crippen LogP contribution in [0.3, 0.4) is 0 Å². The number of halogens is 3. The maximum atomic E-state index is 12.6. The van der Waals surface area contributed by atoms with Crippen molar-refractivity contribution in [2.45, 2.75) is 20.0 Å². The number of hydrogen-bond acceptors (Lipinski definition) is 2. The van der Waals surface area contributed by atoms with Gasteiger partial charge in [0.1, 0.15) is 0 Å². The molecule has 0 bridgehead atoms. The lowest BCUT2D eigenvalue weighted by molar-refractivity contribution is -0.137. The van der Waals surface area contributed by atoms with Gasteiger partial charge in [0.2, 0.25) is 0 Å². The average molecular weight is 247 g/mol. The van der Waals surface area contributed by atoms with Crippen LogP contribution in [0.15, 0.2) is 12.1 Å². The van der Waals surface area contributed by atoms with Crippen LogP contribution in [0.1, 0.15) is 28.4 Å². The van der Waals surface area contributed by atoms with Crippen molar-refractivity contribution >= 4 is 11.7 Å². The van der Waals surface area contributed by atoms with Crippen molar-refractivity contribution in [3.05, 3.63) is 28.8 Å². The quantitative estimate of drug-likeness (QED) is 0.862. The van der Waals surface area contributed by atoms with E-state index in [9.17, 15) is 18.0 Å². The molecule has 94 valence electrons. The van der Waals surface area contributed by atoms with E-state index < -0.39 is 17.7 Å².